The maximum Gasteiger partial charge on any atom is 0.149 e. The highest BCUT2D eigenvalue weighted by Crippen LogP contribution is 2.02. The van der Waals surface area contributed by atoms with Crippen molar-refractivity contribution >= 4 is 0 Å². The predicted molar refractivity (Wildman–Crippen MR) is 40.4 cm³/mol. The largest absolute Gasteiger partial charge is 0.411 e. The summed E-state index contributed by atoms with van der Waals surface area (Å²) in [6, 6.07) is 3.36. The Morgan fingerprint density at radius 3 is 2.10 bits per heavy atom. The normalized spacial score (nSPS) is 7.50. The van der Waals surface area contributed by atoms with Gasteiger partial charge in [-0.3, -0.25) is 4.98 Å². The Hall–Kier alpha value is -1.09. The first-order valence-electron chi connectivity index (χ1n) is 3.20. The molecule has 0 unspecified atom stereocenters. The van der Waals surface area contributed by atoms with Crippen LogP contribution in [0.25, 0.3) is 0 Å². The summed E-state index contributed by atoms with van der Waals surface area (Å²) < 4.78 is 0. The second kappa shape index (κ2) is 6.04. The van der Waals surface area contributed by atoms with Crippen LogP contribution in [-0.2, 0) is 0 Å². The third kappa shape index (κ3) is 3.04. The van der Waals surface area contributed by atoms with Crippen molar-refractivity contribution in [3.63, 3.8) is 0 Å². The van der Waals surface area contributed by atoms with E-state index in [0.717, 1.165) is 0 Å². The van der Waals surface area contributed by atoms with Gasteiger partial charge < -0.3 is 4.84 Å². The summed E-state index contributed by atoms with van der Waals surface area (Å²) in [7, 11) is 0. The summed E-state index contributed by atoms with van der Waals surface area (Å²) in [5.41, 5.74) is 0. The Balaban J connectivity index is 0.000000371. The first-order valence-corrected chi connectivity index (χ1v) is 3.20. The number of nitrogens with two attached hydrogens (primary N) is 1. The van der Waals surface area contributed by atoms with Gasteiger partial charge >= 0.3 is 0 Å². The van der Waals surface area contributed by atoms with Crippen molar-refractivity contribution in [2.24, 2.45) is 5.90 Å². The number of hydrogen-bond acceptors (Lipinski definition) is 3. The minimum Gasteiger partial charge on any atom is -0.411 e. The van der Waals surface area contributed by atoms with Crippen molar-refractivity contribution in [3.8, 4) is 5.75 Å². The van der Waals surface area contributed by atoms with Crippen molar-refractivity contribution in [2.75, 3.05) is 0 Å². The van der Waals surface area contributed by atoms with Gasteiger partial charge in [-0.25, -0.2) is 0 Å². The summed E-state index contributed by atoms with van der Waals surface area (Å²) in [5.74, 6) is 5.45. The highest BCUT2D eigenvalue weighted by atomic mass is 16.6. The van der Waals surface area contributed by atoms with E-state index in [0.29, 0.717) is 5.75 Å². The quantitative estimate of drug-likeness (QED) is 0.599. The van der Waals surface area contributed by atoms with Gasteiger partial charge in [0, 0.05) is 24.5 Å². The van der Waals surface area contributed by atoms with E-state index in [1.807, 2.05) is 13.8 Å². The Morgan fingerprint density at radius 1 is 1.30 bits per heavy atom. The molecule has 0 bridgehead atoms. The minimum atomic E-state index is 0.625. The fraction of sp³-hybridized carbons (Fsp3) is 0.286. The highest BCUT2D eigenvalue weighted by Gasteiger charge is 1.82. The van der Waals surface area contributed by atoms with Gasteiger partial charge in [0.15, 0.2) is 0 Å². The zero-order valence-electron chi connectivity index (χ0n) is 6.24. The van der Waals surface area contributed by atoms with E-state index in [-0.39, 0.29) is 0 Å². The third-order valence-electron chi connectivity index (χ3n) is 0.786. The predicted octanol–water partition coefficient (Wildman–Crippen LogP) is 1.36. The Labute approximate surface area is 60.8 Å². The van der Waals surface area contributed by atoms with Crippen LogP contribution < -0.4 is 10.7 Å². The zero-order chi connectivity index (χ0) is 7.82. The van der Waals surface area contributed by atoms with Crippen LogP contribution in [0.2, 0.25) is 0 Å². The van der Waals surface area contributed by atoms with Crippen molar-refractivity contribution < 1.29 is 4.84 Å². The van der Waals surface area contributed by atoms with Gasteiger partial charge in [0.25, 0.3) is 0 Å². The Kier molecular flexibility index (Phi) is 5.38. The molecule has 0 spiro atoms. The van der Waals surface area contributed by atoms with Crippen molar-refractivity contribution in [1.29, 1.82) is 0 Å². The molecule has 1 aromatic heterocycles. The lowest BCUT2D eigenvalue weighted by atomic mass is 10.5. The van der Waals surface area contributed by atoms with Crippen LogP contribution in [0.5, 0.6) is 5.75 Å². The van der Waals surface area contributed by atoms with Gasteiger partial charge in [0.1, 0.15) is 5.75 Å². The SMILES string of the molecule is CC.NOc1ccncc1. The van der Waals surface area contributed by atoms with Crippen LogP contribution in [0, 0.1) is 0 Å². The van der Waals surface area contributed by atoms with Gasteiger partial charge in [-0.15, -0.1) is 0 Å². The van der Waals surface area contributed by atoms with Crippen molar-refractivity contribution in [2.45, 2.75) is 13.8 Å². The summed E-state index contributed by atoms with van der Waals surface area (Å²) in [6.07, 6.45) is 3.23. The molecule has 0 aliphatic heterocycles. The van der Waals surface area contributed by atoms with Crippen LogP contribution in [0.3, 0.4) is 0 Å². The van der Waals surface area contributed by atoms with Gasteiger partial charge in [-0.1, -0.05) is 13.8 Å². The van der Waals surface area contributed by atoms with E-state index >= 15 is 0 Å². The number of aromatic nitrogens is 1. The molecule has 0 saturated heterocycles. The molecular weight excluding hydrogens is 128 g/mol. The lowest BCUT2D eigenvalue weighted by Crippen LogP contribution is -2.00. The molecule has 0 atom stereocenters. The summed E-state index contributed by atoms with van der Waals surface area (Å²) in [6.45, 7) is 4.00. The average molecular weight is 140 g/mol. The Morgan fingerprint density at radius 2 is 1.80 bits per heavy atom. The standard InChI is InChI=1S/C5H6N2O.C2H6/c6-8-5-1-3-7-4-2-5;1-2/h1-4H,6H2;1-2H3. The average Bonchev–Trinajstić information content (AvgIpc) is 2.10. The van der Waals surface area contributed by atoms with Crippen LogP contribution in [0.1, 0.15) is 13.8 Å². The maximum atomic E-state index is 4.82. The van der Waals surface area contributed by atoms with Gasteiger partial charge in [0.05, 0.1) is 0 Å². The van der Waals surface area contributed by atoms with Crippen LogP contribution in [0.15, 0.2) is 24.5 Å². The second-order valence-electron chi connectivity index (χ2n) is 1.30. The number of nitrogens with zero attached hydrogens (tertiary/aromatic N) is 1. The summed E-state index contributed by atoms with van der Waals surface area (Å²) in [4.78, 5) is 8.13. The van der Waals surface area contributed by atoms with E-state index in [2.05, 4.69) is 9.82 Å². The molecule has 1 aromatic rings. The summed E-state index contributed by atoms with van der Waals surface area (Å²) >= 11 is 0. The first kappa shape index (κ1) is 8.91. The Bertz CT molecular complexity index is 153. The monoisotopic (exact) mass is 140 g/mol. The molecule has 2 N–H and O–H groups in total. The summed E-state index contributed by atoms with van der Waals surface area (Å²) in [5, 5.41) is 0. The molecule has 3 heteroatoms. The van der Waals surface area contributed by atoms with Crippen molar-refractivity contribution in [3.05, 3.63) is 24.5 Å². The number of hydrogen-bond donors (Lipinski definition) is 1. The van der Waals surface area contributed by atoms with E-state index in [9.17, 15) is 0 Å². The maximum absolute atomic E-state index is 4.82. The molecule has 0 aliphatic rings. The topological polar surface area (TPSA) is 48.1 Å². The molecule has 56 valence electrons. The van der Waals surface area contributed by atoms with Gasteiger partial charge in [-0.05, 0) is 0 Å². The third-order valence-corrected chi connectivity index (χ3v) is 0.786. The molecule has 0 radical (unpaired) electrons. The molecule has 0 aromatic carbocycles. The fourth-order valence-corrected chi connectivity index (χ4v) is 0.417. The lowest BCUT2D eigenvalue weighted by molar-refractivity contribution is 0.334. The van der Waals surface area contributed by atoms with E-state index in [4.69, 9.17) is 5.90 Å². The molecule has 10 heavy (non-hydrogen) atoms. The minimum absolute atomic E-state index is 0.625. The molecule has 1 rings (SSSR count). The van der Waals surface area contributed by atoms with Gasteiger partial charge in [0.2, 0.25) is 0 Å². The van der Waals surface area contributed by atoms with E-state index in [1.165, 1.54) is 0 Å². The molecule has 3 nitrogen and oxygen atoms in total. The molecule has 1 heterocycles. The number of rotatable bonds is 1. The molecule has 0 saturated carbocycles. The van der Waals surface area contributed by atoms with Crippen LogP contribution in [-0.4, -0.2) is 4.98 Å². The molecule has 0 aliphatic carbocycles. The van der Waals surface area contributed by atoms with Gasteiger partial charge in [-0.2, -0.15) is 5.90 Å². The smallest absolute Gasteiger partial charge is 0.149 e. The van der Waals surface area contributed by atoms with E-state index in [1.54, 1.807) is 24.5 Å². The first-order chi connectivity index (χ1) is 4.93. The molecular formula is C7H12N2O. The van der Waals surface area contributed by atoms with Crippen LogP contribution >= 0.6 is 0 Å². The molecule has 0 amide bonds. The van der Waals surface area contributed by atoms with Crippen molar-refractivity contribution in [1.82, 2.24) is 4.98 Å². The lowest BCUT2D eigenvalue weighted by Gasteiger charge is -1.92. The zero-order valence-corrected chi connectivity index (χ0v) is 6.24. The second-order valence-corrected chi connectivity index (χ2v) is 1.30. The van der Waals surface area contributed by atoms with E-state index < -0.39 is 0 Å². The molecule has 0 fully saturated rings. The number of pyridine rings is 1. The fourth-order valence-electron chi connectivity index (χ4n) is 0.417. The highest BCUT2D eigenvalue weighted by molar-refractivity contribution is 5.15. The van der Waals surface area contributed by atoms with Crippen LogP contribution in [0.4, 0.5) is 0 Å².